The number of halogens is 1. The molecule has 1 aromatic carbocycles. The molecule has 1 aromatic heterocycles. The molecule has 4 heteroatoms. The van der Waals surface area contributed by atoms with Crippen molar-refractivity contribution < 1.29 is 0 Å². The van der Waals surface area contributed by atoms with E-state index in [4.69, 9.17) is 5.73 Å². The first kappa shape index (κ1) is 10.3. The highest BCUT2D eigenvalue weighted by molar-refractivity contribution is 9.10. The van der Waals surface area contributed by atoms with Gasteiger partial charge in [-0.3, -0.25) is 0 Å². The highest BCUT2D eigenvalue weighted by Crippen LogP contribution is 2.26. The number of nitrogens with two attached hydrogens (primary N) is 1. The summed E-state index contributed by atoms with van der Waals surface area (Å²) in [7, 11) is 0. The molecule has 0 radical (unpaired) electrons. The molecule has 0 saturated carbocycles. The van der Waals surface area contributed by atoms with Gasteiger partial charge in [0.15, 0.2) is 0 Å². The second-order valence-corrected chi connectivity index (χ2v) is 3.93. The largest absolute Gasteiger partial charge is 0.324 e. The number of nitrogens with zero attached hydrogens (tertiary/aromatic N) is 2. The van der Waals surface area contributed by atoms with Crippen molar-refractivity contribution in [2.75, 3.05) is 0 Å². The molecular weight excluding hydrogens is 254 g/mol. The number of hydrogen-bond donors (Lipinski definition) is 1. The van der Waals surface area contributed by atoms with Crippen LogP contribution in [0.2, 0.25) is 0 Å². The van der Waals surface area contributed by atoms with Gasteiger partial charge in [-0.15, -0.1) is 0 Å². The third-order valence-corrected chi connectivity index (χ3v) is 2.76. The quantitative estimate of drug-likeness (QED) is 0.905. The lowest BCUT2D eigenvalue weighted by atomic mass is 10.1. The first-order chi connectivity index (χ1) is 7.31. The van der Waals surface area contributed by atoms with Crippen LogP contribution in [0.25, 0.3) is 11.1 Å². The molecule has 0 saturated heterocycles. The van der Waals surface area contributed by atoms with Crippen molar-refractivity contribution in [1.82, 2.24) is 9.97 Å². The lowest BCUT2D eigenvalue weighted by molar-refractivity contribution is 0.910. The average Bonchev–Trinajstić information content (AvgIpc) is 2.30. The molecule has 15 heavy (non-hydrogen) atoms. The summed E-state index contributed by atoms with van der Waals surface area (Å²) in [4.78, 5) is 8.32. The summed E-state index contributed by atoms with van der Waals surface area (Å²) in [5.41, 5.74) is 7.50. The summed E-state index contributed by atoms with van der Waals surface area (Å²) in [6.07, 6.45) is 3.57. The van der Waals surface area contributed by atoms with E-state index < -0.39 is 0 Å². The van der Waals surface area contributed by atoms with Crippen molar-refractivity contribution in [1.29, 1.82) is 0 Å². The molecule has 0 aliphatic rings. The highest BCUT2D eigenvalue weighted by atomic mass is 79.9. The Morgan fingerprint density at radius 3 is 2.40 bits per heavy atom. The minimum Gasteiger partial charge on any atom is -0.324 e. The van der Waals surface area contributed by atoms with E-state index >= 15 is 0 Å². The van der Waals surface area contributed by atoms with Gasteiger partial charge in [0.1, 0.15) is 5.82 Å². The molecule has 2 aromatic rings. The van der Waals surface area contributed by atoms with Crippen LogP contribution in [0.15, 0.2) is 41.1 Å². The molecule has 0 fully saturated rings. The maximum Gasteiger partial charge on any atom is 0.141 e. The Hall–Kier alpha value is -1.26. The summed E-state index contributed by atoms with van der Waals surface area (Å²) < 4.78 is 1.04. The van der Waals surface area contributed by atoms with Crippen molar-refractivity contribution in [2.45, 2.75) is 6.54 Å². The molecule has 0 amide bonds. The number of benzene rings is 1. The molecule has 2 N–H and O–H groups in total. The summed E-state index contributed by atoms with van der Waals surface area (Å²) >= 11 is 3.49. The smallest absolute Gasteiger partial charge is 0.141 e. The van der Waals surface area contributed by atoms with E-state index in [1.54, 1.807) is 12.4 Å². The van der Waals surface area contributed by atoms with Crippen molar-refractivity contribution in [3.63, 3.8) is 0 Å². The van der Waals surface area contributed by atoms with E-state index in [2.05, 4.69) is 25.9 Å². The van der Waals surface area contributed by atoms with Crippen LogP contribution in [0.5, 0.6) is 0 Å². The normalized spacial score (nSPS) is 10.3. The zero-order valence-electron chi connectivity index (χ0n) is 8.02. The second-order valence-electron chi connectivity index (χ2n) is 3.07. The molecule has 0 aliphatic carbocycles. The average molecular weight is 264 g/mol. The zero-order chi connectivity index (χ0) is 10.7. The SMILES string of the molecule is NCc1ncc(-c2ccccc2Br)cn1. The van der Waals surface area contributed by atoms with E-state index in [0.717, 1.165) is 15.6 Å². The molecular formula is C11H10BrN3. The van der Waals surface area contributed by atoms with Crippen LogP contribution in [-0.4, -0.2) is 9.97 Å². The molecule has 3 nitrogen and oxygen atoms in total. The van der Waals surface area contributed by atoms with Gasteiger partial charge < -0.3 is 5.73 Å². The Balaban J connectivity index is 2.42. The summed E-state index contributed by atoms with van der Waals surface area (Å²) in [6.45, 7) is 0.371. The first-order valence-electron chi connectivity index (χ1n) is 4.57. The van der Waals surface area contributed by atoms with E-state index in [1.807, 2.05) is 24.3 Å². The van der Waals surface area contributed by atoms with Crippen LogP contribution in [-0.2, 0) is 6.54 Å². The molecule has 2 rings (SSSR count). The van der Waals surface area contributed by atoms with Crippen LogP contribution in [0.1, 0.15) is 5.82 Å². The predicted octanol–water partition coefficient (Wildman–Crippen LogP) is 2.36. The van der Waals surface area contributed by atoms with Gasteiger partial charge in [-0.05, 0) is 11.6 Å². The number of aromatic nitrogens is 2. The number of rotatable bonds is 2. The fourth-order valence-electron chi connectivity index (χ4n) is 1.29. The van der Waals surface area contributed by atoms with Gasteiger partial charge in [0.25, 0.3) is 0 Å². The van der Waals surface area contributed by atoms with Gasteiger partial charge >= 0.3 is 0 Å². The van der Waals surface area contributed by atoms with Gasteiger partial charge in [0, 0.05) is 22.4 Å². The van der Waals surface area contributed by atoms with Crippen LogP contribution >= 0.6 is 15.9 Å². The van der Waals surface area contributed by atoms with E-state index in [-0.39, 0.29) is 0 Å². The molecule has 76 valence electrons. The fraction of sp³-hybridized carbons (Fsp3) is 0.0909. The Morgan fingerprint density at radius 1 is 1.13 bits per heavy atom. The predicted molar refractivity (Wildman–Crippen MR) is 63.1 cm³/mol. The molecule has 0 bridgehead atoms. The maximum atomic E-state index is 5.43. The summed E-state index contributed by atoms with van der Waals surface area (Å²) in [5.74, 6) is 0.658. The Kier molecular flexibility index (Phi) is 3.08. The van der Waals surface area contributed by atoms with E-state index in [0.29, 0.717) is 12.4 Å². The van der Waals surface area contributed by atoms with E-state index in [1.165, 1.54) is 0 Å². The van der Waals surface area contributed by atoms with Crippen LogP contribution in [0.3, 0.4) is 0 Å². The monoisotopic (exact) mass is 263 g/mol. The first-order valence-corrected chi connectivity index (χ1v) is 5.36. The van der Waals surface area contributed by atoms with Crippen molar-refractivity contribution in [3.8, 4) is 11.1 Å². The molecule has 0 unspecified atom stereocenters. The van der Waals surface area contributed by atoms with Gasteiger partial charge in [-0.1, -0.05) is 34.1 Å². The molecule has 0 aliphatic heterocycles. The Morgan fingerprint density at radius 2 is 1.80 bits per heavy atom. The summed E-state index contributed by atoms with van der Waals surface area (Å²) in [6, 6.07) is 7.97. The second kappa shape index (κ2) is 4.51. The van der Waals surface area contributed by atoms with Gasteiger partial charge in [0.2, 0.25) is 0 Å². The van der Waals surface area contributed by atoms with Gasteiger partial charge in [-0.25, -0.2) is 9.97 Å². The topological polar surface area (TPSA) is 51.8 Å². The Bertz CT molecular complexity index is 454. The third kappa shape index (κ3) is 2.22. The van der Waals surface area contributed by atoms with Crippen molar-refractivity contribution in [2.24, 2.45) is 5.73 Å². The van der Waals surface area contributed by atoms with E-state index in [9.17, 15) is 0 Å². The Labute approximate surface area is 96.5 Å². The third-order valence-electron chi connectivity index (χ3n) is 2.07. The van der Waals surface area contributed by atoms with Crippen LogP contribution < -0.4 is 5.73 Å². The lowest BCUT2D eigenvalue weighted by Crippen LogP contribution is -2.02. The maximum absolute atomic E-state index is 5.43. The highest BCUT2D eigenvalue weighted by Gasteiger charge is 2.02. The zero-order valence-corrected chi connectivity index (χ0v) is 9.61. The molecule has 0 spiro atoms. The minimum atomic E-state index is 0.371. The van der Waals surface area contributed by atoms with Crippen molar-refractivity contribution in [3.05, 3.63) is 47.0 Å². The number of hydrogen-bond acceptors (Lipinski definition) is 3. The van der Waals surface area contributed by atoms with Gasteiger partial charge in [0.05, 0.1) is 6.54 Å². The standard InChI is InChI=1S/C11H10BrN3/c12-10-4-2-1-3-9(10)8-6-14-11(5-13)15-7-8/h1-4,6-7H,5,13H2. The minimum absolute atomic E-state index is 0.371. The molecule has 0 atom stereocenters. The fourth-order valence-corrected chi connectivity index (χ4v) is 1.81. The lowest BCUT2D eigenvalue weighted by Gasteiger charge is -2.03. The van der Waals surface area contributed by atoms with Crippen LogP contribution in [0.4, 0.5) is 0 Å². The van der Waals surface area contributed by atoms with Crippen LogP contribution in [0, 0.1) is 0 Å². The summed E-state index contributed by atoms with van der Waals surface area (Å²) in [5, 5.41) is 0. The molecule has 1 heterocycles. The van der Waals surface area contributed by atoms with Gasteiger partial charge in [-0.2, -0.15) is 0 Å². The van der Waals surface area contributed by atoms with Crippen molar-refractivity contribution >= 4 is 15.9 Å².